The van der Waals surface area contributed by atoms with Crippen LogP contribution in [0.4, 0.5) is 18.9 Å². The summed E-state index contributed by atoms with van der Waals surface area (Å²) in [7, 11) is 0. The Labute approximate surface area is 88.2 Å². The molecule has 0 saturated heterocycles. The first-order valence-electron chi connectivity index (χ1n) is 3.89. The van der Waals surface area contributed by atoms with Crippen LogP contribution in [0.2, 0.25) is 0 Å². The molecule has 0 N–H and O–H groups in total. The van der Waals surface area contributed by atoms with Crippen LogP contribution in [0.1, 0.15) is 0 Å². The van der Waals surface area contributed by atoms with Gasteiger partial charge in [0.1, 0.15) is 0 Å². The summed E-state index contributed by atoms with van der Waals surface area (Å²) in [5.41, 5.74) is 0.210. The first-order valence-corrected chi connectivity index (χ1v) is 4.88. The van der Waals surface area contributed by atoms with Gasteiger partial charge in [-0.2, -0.15) is 18.2 Å². The lowest BCUT2D eigenvalue weighted by atomic mass is 10.3. The molecular formula is C9H6F3NOS. The molecule has 1 rings (SSSR count). The van der Waals surface area contributed by atoms with Gasteiger partial charge < -0.3 is 0 Å². The molecule has 0 aliphatic heterocycles. The summed E-state index contributed by atoms with van der Waals surface area (Å²) >= 11 is 0.596. The lowest BCUT2D eigenvalue weighted by molar-refractivity contribution is -0.105. The number of thioether (sulfide) groups is 1. The van der Waals surface area contributed by atoms with Crippen molar-refractivity contribution in [2.45, 2.75) is 11.1 Å². The van der Waals surface area contributed by atoms with Gasteiger partial charge in [-0.3, -0.25) is 0 Å². The minimum absolute atomic E-state index is 0.210. The number of rotatable bonds is 3. The Kier molecular flexibility index (Phi) is 3.94. The van der Waals surface area contributed by atoms with Gasteiger partial charge in [-0.25, -0.2) is 4.79 Å². The Morgan fingerprint density at radius 3 is 2.60 bits per heavy atom. The summed E-state index contributed by atoms with van der Waals surface area (Å²) in [5, 5.41) is 0. The number of alkyl halides is 3. The molecule has 0 aliphatic rings. The van der Waals surface area contributed by atoms with Crippen LogP contribution in [-0.4, -0.2) is 18.0 Å². The molecule has 1 aromatic carbocycles. The molecule has 6 heteroatoms. The number of halogens is 3. The maximum absolute atomic E-state index is 11.9. The van der Waals surface area contributed by atoms with E-state index in [9.17, 15) is 18.0 Å². The van der Waals surface area contributed by atoms with E-state index in [2.05, 4.69) is 4.99 Å². The van der Waals surface area contributed by atoms with Gasteiger partial charge in [0.2, 0.25) is 6.08 Å². The molecule has 0 aromatic heterocycles. The van der Waals surface area contributed by atoms with Gasteiger partial charge in [-0.15, -0.1) is 11.8 Å². The molecule has 2 nitrogen and oxygen atoms in total. The summed E-state index contributed by atoms with van der Waals surface area (Å²) in [6.45, 7) is 0. The molecule has 15 heavy (non-hydrogen) atoms. The highest BCUT2D eigenvalue weighted by Crippen LogP contribution is 2.33. The lowest BCUT2D eigenvalue weighted by Crippen LogP contribution is -2.10. The number of hydrogen-bond acceptors (Lipinski definition) is 3. The number of isocyanates is 1. The van der Waals surface area contributed by atoms with E-state index in [0.717, 1.165) is 0 Å². The van der Waals surface area contributed by atoms with Crippen LogP contribution < -0.4 is 0 Å². The summed E-state index contributed by atoms with van der Waals surface area (Å²) in [5.74, 6) is -1.00. The number of carbonyl (C=O) groups excluding carboxylic acids is 1. The molecule has 0 fully saturated rings. The quantitative estimate of drug-likeness (QED) is 0.455. The fourth-order valence-corrected chi connectivity index (χ4v) is 1.64. The van der Waals surface area contributed by atoms with E-state index < -0.39 is 11.9 Å². The second kappa shape index (κ2) is 5.00. The molecule has 0 saturated carbocycles. The average molecular weight is 233 g/mol. The fraction of sp³-hybridized carbons (Fsp3) is 0.222. The Bertz CT molecular complexity index is 385. The van der Waals surface area contributed by atoms with Crippen LogP contribution in [-0.2, 0) is 4.79 Å². The molecule has 0 heterocycles. The van der Waals surface area contributed by atoms with Gasteiger partial charge in [0, 0.05) is 4.90 Å². The number of aliphatic imine (C=N–C) groups is 1. The maximum atomic E-state index is 11.9. The summed E-state index contributed by atoms with van der Waals surface area (Å²) in [4.78, 5) is 13.6. The largest absolute Gasteiger partial charge is 0.398 e. The minimum Gasteiger partial charge on any atom is -0.211 e. The van der Waals surface area contributed by atoms with Crippen LogP contribution in [0.3, 0.4) is 0 Å². The first kappa shape index (κ1) is 11.8. The number of hydrogen-bond donors (Lipinski definition) is 0. The molecule has 0 atom stereocenters. The highest BCUT2D eigenvalue weighted by Gasteiger charge is 2.27. The second-order valence-corrected chi connectivity index (χ2v) is 3.59. The monoisotopic (exact) mass is 233 g/mol. The molecule has 0 aliphatic carbocycles. The first-order chi connectivity index (χ1) is 7.03. The average Bonchev–Trinajstić information content (AvgIpc) is 2.16. The molecule has 0 amide bonds. The standard InChI is InChI=1S/C9H6F3NOS/c10-9(11,12)5-15-8-4-2-1-3-7(8)13-6-14/h1-4H,5H2. The highest BCUT2D eigenvalue weighted by molar-refractivity contribution is 7.99. The van der Waals surface area contributed by atoms with Crippen molar-refractivity contribution in [3.63, 3.8) is 0 Å². The third-order valence-electron chi connectivity index (χ3n) is 1.42. The van der Waals surface area contributed by atoms with Crippen LogP contribution in [0.15, 0.2) is 34.2 Å². The third kappa shape index (κ3) is 4.18. The molecule has 0 unspecified atom stereocenters. The summed E-state index contributed by atoms with van der Waals surface area (Å²) in [6, 6.07) is 6.12. The zero-order chi connectivity index (χ0) is 11.3. The molecule has 0 radical (unpaired) electrons. The zero-order valence-corrected chi connectivity index (χ0v) is 8.23. The lowest BCUT2D eigenvalue weighted by Gasteiger charge is -2.06. The number of para-hydroxylation sites is 1. The Balaban J connectivity index is 2.80. The molecule has 80 valence electrons. The third-order valence-corrected chi connectivity index (χ3v) is 2.55. The van der Waals surface area contributed by atoms with Gasteiger partial charge in [-0.05, 0) is 12.1 Å². The van der Waals surface area contributed by atoms with Crippen LogP contribution in [0.5, 0.6) is 0 Å². The van der Waals surface area contributed by atoms with E-state index in [-0.39, 0.29) is 5.69 Å². The van der Waals surface area contributed by atoms with Crippen molar-refractivity contribution < 1.29 is 18.0 Å². The van der Waals surface area contributed by atoms with Crippen LogP contribution in [0.25, 0.3) is 0 Å². The highest BCUT2D eigenvalue weighted by atomic mass is 32.2. The predicted octanol–water partition coefficient (Wildman–Crippen LogP) is 3.31. The van der Waals surface area contributed by atoms with Gasteiger partial charge >= 0.3 is 6.18 Å². The van der Waals surface area contributed by atoms with Crippen LogP contribution >= 0.6 is 11.8 Å². The molecule has 0 bridgehead atoms. The zero-order valence-electron chi connectivity index (χ0n) is 7.41. The van der Waals surface area contributed by atoms with Crippen molar-refractivity contribution in [2.24, 2.45) is 4.99 Å². The van der Waals surface area contributed by atoms with Crippen molar-refractivity contribution in [1.82, 2.24) is 0 Å². The minimum atomic E-state index is -4.23. The molecule has 0 spiro atoms. The van der Waals surface area contributed by atoms with Crippen molar-refractivity contribution >= 4 is 23.5 Å². The Morgan fingerprint density at radius 2 is 2.00 bits per heavy atom. The normalized spacial score (nSPS) is 10.9. The number of nitrogens with zero attached hydrogens (tertiary/aromatic N) is 1. The van der Waals surface area contributed by atoms with E-state index >= 15 is 0 Å². The van der Waals surface area contributed by atoms with Crippen molar-refractivity contribution in [1.29, 1.82) is 0 Å². The predicted molar refractivity (Wildman–Crippen MR) is 51.0 cm³/mol. The Hall–Kier alpha value is -1.26. The molecular weight excluding hydrogens is 227 g/mol. The smallest absolute Gasteiger partial charge is 0.211 e. The van der Waals surface area contributed by atoms with E-state index in [0.29, 0.717) is 16.7 Å². The van der Waals surface area contributed by atoms with Crippen LogP contribution in [0, 0.1) is 0 Å². The van der Waals surface area contributed by atoms with E-state index in [4.69, 9.17) is 0 Å². The van der Waals surface area contributed by atoms with Gasteiger partial charge in [0.05, 0.1) is 11.4 Å². The SMILES string of the molecule is O=C=Nc1ccccc1SCC(F)(F)F. The van der Waals surface area contributed by atoms with Gasteiger partial charge in [0.25, 0.3) is 0 Å². The van der Waals surface area contributed by atoms with Gasteiger partial charge in [-0.1, -0.05) is 12.1 Å². The van der Waals surface area contributed by atoms with E-state index in [1.54, 1.807) is 12.1 Å². The van der Waals surface area contributed by atoms with Crippen molar-refractivity contribution in [3.05, 3.63) is 24.3 Å². The second-order valence-electron chi connectivity index (χ2n) is 2.57. The molecule has 1 aromatic rings. The van der Waals surface area contributed by atoms with Gasteiger partial charge in [0.15, 0.2) is 0 Å². The topological polar surface area (TPSA) is 29.4 Å². The maximum Gasteiger partial charge on any atom is 0.398 e. The summed E-state index contributed by atoms with van der Waals surface area (Å²) < 4.78 is 35.8. The van der Waals surface area contributed by atoms with E-state index in [1.807, 2.05) is 0 Å². The Morgan fingerprint density at radius 1 is 1.33 bits per heavy atom. The summed E-state index contributed by atoms with van der Waals surface area (Å²) in [6.07, 6.45) is -2.93. The van der Waals surface area contributed by atoms with Crippen molar-refractivity contribution in [3.8, 4) is 0 Å². The number of benzene rings is 1. The van der Waals surface area contributed by atoms with Crippen molar-refractivity contribution in [2.75, 3.05) is 5.75 Å². The fourth-order valence-electron chi connectivity index (χ4n) is 0.880. The van der Waals surface area contributed by atoms with E-state index in [1.165, 1.54) is 18.2 Å².